The molecule has 0 radical (unpaired) electrons. The second-order valence-corrected chi connectivity index (χ2v) is 7.77. The number of fused-ring (bicyclic) bond motifs is 1. The molecule has 1 saturated heterocycles. The van der Waals surface area contributed by atoms with Gasteiger partial charge in [0.05, 0.1) is 46.0 Å². The highest BCUT2D eigenvalue weighted by Gasteiger charge is 2.49. The van der Waals surface area contributed by atoms with Crippen LogP contribution in [0.15, 0.2) is 46.3 Å². The number of ether oxygens (including phenoxy) is 2. The van der Waals surface area contributed by atoms with Gasteiger partial charge in [-0.3, -0.25) is 19.8 Å². The molecule has 11 heteroatoms. The minimum absolute atomic E-state index is 0.0583. The molecular weight excluding hydrogens is 414 g/mol. The number of thioether (sulfide) groups is 1. The summed E-state index contributed by atoms with van der Waals surface area (Å²) >= 11 is 1.13. The molecule has 1 aromatic carbocycles. The highest BCUT2D eigenvalue weighted by molar-refractivity contribution is 8.04. The predicted molar refractivity (Wildman–Crippen MR) is 107 cm³/mol. The fourth-order valence-corrected chi connectivity index (χ4v) is 4.53. The first-order valence-corrected chi connectivity index (χ1v) is 9.85. The first kappa shape index (κ1) is 21.4. The van der Waals surface area contributed by atoms with Gasteiger partial charge < -0.3 is 15.2 Å². The molecule has 2 unspecified atom stereocenters. The second-order valence-electron chi connectivity index (χ2n) is 6.45. The summed E-state index contributed by atoms with van der Waals surface area (Å²) in [6.45, 7) is 3.36. The van der Waals surface area contributed by atoms with Gasteiger partial charge in [-0.05, 0) is 19.4 Å². The average molecular weight is 433 g/mol. The van der Waals surface area contributed by atoms with Crippen molar-refractivity contribution in [1.82, 2.24) is 4.90 Å². The summed E-state index contributed by atoms with van der Waals surface area (Å²) in [5.74, 6) is -3.08. The van der Waals surface area contributed by atoms with Crippen molar-refractivity contribution in [2.24, 2.45) is 5.73 Å². The van der Waals surface area contributed by atoms with E-state index in [0.717, 1.165) is 23.8 Å². The van der Waals surface area contributed by atoms with Crippen LogP contribution in [0.1, 0.15) is 25.3 Å². The summed E-state index contributed by atoms with van der Waals surface area (Å²) in [5, 5.41) is 10.8. The monoisotopic (exact) mass is 433 g/mol. The number of carbonyl (C=O) groups is 3. The lowest BCUT2D eigenvalue weighted by Crippen LogP contribution is -2.40. The third kappa shape index (κ3) is 3.41. The third-order valence-electron chi connectivity index (χ3n) is 4.72. The first-order chi connectivity index (χ1) is 14.2. The lowest BCUT2D eigenvalue weighted by atomic mass is 9.82. The number of nitro groups is 1. The number of benzene rings is 1. The van der Waals surface area contributed by atoms with Gasteiger partial charge in [-0.15, -0.1) is 0 Å². The molecule has 2 aliphatic rings. The van der Waals surface area contributed by atoms with Gasteiger partial charge in [-0.25, -0.2) is 9.59 Å². The highest BCUT2D eigenvalue weighted by atomic mass is 32.2. The smallest absolute Gasteiger partial charge is 0.338 e. The van der Waals surface area contributed by atoms with E-state index in [0.29, 0.717) is 5.56 Å². The van der Waals surface area contributed by atoms with Gasteiger partial charge in [0.25, 0.3) is 5.69 Å². The number of methoxy groups -OCH3 is 1. The van der Waals surface area contributed by atoms with E-state index >= 15 is 0 Å². The molecule has 0 aliphatic carbocycles. The lowest BCUT2D eigenvalue weighted by molar-refractivity contribution is -0.384. The fraction of sp³-hybridized carbons (Fsp3) is 0.316. The third-order valence-corrected chi connectivity index (χ3v) is 5.90. The Hall–Kier alpha value is -3.34. The molecule has 158 valence electrons. The van der Waals surface area contributed by atoms with Gasteiger partial charge in [0, 0.05) is 12.1 Å². The number of non-ortho nitro benzene ring substituents is 1. The van der Waals surface area contributed by atoms with Gasteiger partial charge in [0.15, 0.2) is 0 Å². The van der Waals surface area contributed by atoms with Crippen LogP contribution in [0.2, 0.25) is 0 Å². The lowest BCUT2D eigenvalue weighted by Gasteiger charge is -2.33. The molecule has 0 bridgehead atoms. The molecule has 30 heavy (non-hydrogen) atoms. The Morgan fingerprint density at radius 2 is 1.87 bits per heavy atom. The molecule has 10 nitrogen and oxygen atoms in total. The largest absolute Gasteiger partial charge is 0.466 e. The van der Waals surface area contributed by atoms with Crippen molar-refractivity contribution >= 4 is 35.3 Å². The predicted octanol–water partition coefficient (Wildman–Crippen LogP) is 1.77. The number of nitro benzene ring substituents is 1. The summed E-state index contributed by atoms with van der Waals surface area (Å²) in [4.78, 5) is 49.8. The van der Waals surface area contributed by atoms with E-state index < -0.39 is 28.0 Å². The summed E-state index contributed by atoms with van der Waals surface area (Å²) in [7, 11) is 1.15. The van der Waals surface area contributed by atoms with Crippen LogP contribution in [-0.2, 0) is 23.9 Å². The Balaban J connectivity index is 2.28. The number of carbonyl (C=O) groups excluding carboxylic acids is 3. The Morgan fingerprint density at radius 1 is 1.23 bits per heavy atom. The molecule has 2 aliphatic heterocycles. The van der Waals surface area contributed by atoms with Crippen LogP contribution in [-0.4, -0.2) is 46.6 Å². The van der Waals surface area contributed by atoms with Crippen molar-refractivity contribution in [2.75, 3.05) is 13.7 Å². The van der Waals surface area contributed by atoms with E-state index in [9.17, 15) is 24.5 Å². The Bertz CT molecular complexity index is 1000. The molecule has 0 saturated carbocycles. The summed E-state index contributed by atoms with van der Waals surface area (Å²) < 4.78 is 10.1. The average Bonchev–Trinajstić information content (AvgIpc) is 3.02. The van der Waals surface area contributed by atoms with E-state index in [1.165, 1.54) is 24.3 Å². The first-order valence-electron chi connectivity index (χ1n) is 8.97. The number of nitrogens with zero attached hydrogens (tertiary/aromatic N) is 2. The molecule has 0 spiro atoms. The molecule has 0 aromatic heterocycles. The Kier molecular flexibility index (Phi) is 5.83. The van der Waals surface area contributed by atoms with Crippen molar-refractivity contribution in [3.05, 3.63) is 61.9 Å². The van der Waals surface area contributed by atoms with E-state index in [-0.39, 0.29) is 40.2 Å². The quantitative estimate of drug-likeness (QED) is 0.417. The number of hydrogen-bond donors (Lipinski definition) is 1. The van der Waals surface area contributed by atoms with Crippen molar-refractivity contribution in [3.8, 4) is 0 Å². The molecule has 1 amide bonds. The SMILES string of the molecule is CCOC(=O)C1=C2SC(C)C(=O)N2C(N)=C(C(=O)OC)C1c1ccc([N+](=O)[O-])cc1. The standard InChI is InChI=1S/C19H19N3O7S/c1-4-29-19(25)14-12(10-5-7-11(8-6-10)22(26)27)13(18(24)28-3)15(20)21-16(23)9(2)30-17(14)21/h5-9,12H,4,20H2,1-3H3. The van der Waals surface area contributed by atoms with Gasteiger partial charge >= 0.3 is 11.9 Å². The molecule has 1 fully saturated rings. The maximum atomic E-state index is 12.9. The van der Waals surface area contributed by atoms with Crippen molar-refractivity contribution in [2.45, 2.75) is 25.0 Å². The van der Waals surface area contributed by atoms with Gasteiger partial charge in [0.2, 0.25) is 5.91 Å². The molecule has 2 atom stereocenters. The number of hydrogen-bond acceptors (Lipinski definition) is 9. The van der Waals surface area contributed by atoms with Crippen LogP contribution < -0.4 is 5.73 Å². The minimum atomic E-state index is -1.02. The molecule has 2 heterocycles. The Labute approximate surface area is 175 Å². The minimum Gasteiger partial charge on any atom is -0.466 e. The van der Waals surface area contributed by atoms with Crippen molar-refractivity contribution < 1.29 is 28.8 Å². The van der Waals surface area contributed by atoms with E-state index in [2.05, 4.69) is 0 Å². The number of nitrogens with two attached hydrogens (primary N) is 1. The van der Waals surface area contributed by atoms with Crippen LogP contribution in [0.4, 0.5) is 5.69 Å². The number of rotatable bonds is 5. The zero-order valence-electron chi connectivity index (χ0n) is 16.4. The summed E-state index contributed by atoms with van der Waals surface area (Å²) in [6, 6.07) is 5.38. The Morgan fingerprint density at radius 3 is 2.40 bits per heavy atom. The fourth-order valence-electron chi connectivity index (χ4n) is 3.37. The van der Waals surface area contributed by atoms with E-state index in [4.69, 9.17) is 15.2 Å². The number of amides is 1. The maximum Gasteiger partial charge on any atom is 0.338 e. The van der Waals surface area contributed by atoms with Crippen molar-refractivity contribution in [3.63, 3.8) is 0 Å². The van der Waals surface area contributed by atoms with Crippen molar-refractivity contribution in [1.29, 1.82) is 0 Å². The molecule has 2 N–H and O–H groups in total. The molecular formula is C19H19N3O7S. The second kappa shape index (κ2) is 8.19. The zero-order valence-corrected chi connectivity index (χ0v) is 17.2. The van der Waals surface area contributed by atoms with E-state index in [1.54, 1.807) is 13.8 Å². The van der Waals surface area contributed by atoms with Crippen LogP contribution >= 0.6 is 11.8 Å². The van der Waals surface area contributed by atoms with Crippen LogP contribution in [0, 0.1) is 10.1 Å². The van der Waals surface area contributed by atoms with Gasteiger partial charge in [-0.1, -0.05) is 23.9 Å². The molecule has 3 rings (SSSR count). The van der Waals surface area contributed by atoms with Gasteiger partial charge in [-0.2, -0.15) is 0 Å². The summed E-state index contributed by atoms with van der Waals surface area (Å²) in [6.07, 6.45) is 0. The molecule has 1 aromatic rings. The summed E-state index contributed by atoms with van der Waals surface area (Å²) in [5.41, 5.74) is 6.40. The highest BCUT2D eigenvalue weighted by Crippen LogP contribution is 2.49. The van der Waals surface area contributed by atoms with Gasteiger partial charge in [0.1, 0.15) is 5.82 Å². The maximum absolute atomic E-state index is 12.9. The zero-order chi connectivity index (χ0) is 22.2. The van der Waals surface area contributed by atoms with E-state index in [1.807, 2.05) is 0 Å². The van der Waals surface area contributed by atoms with Crippen LogP contribution in [0.5, 0.6) is 0 Å². The number of esters is 2. The normalized spacial score (nSPS) is 20.9. The van der Waals surface area contributed by atoms with Crippen LogP contribution in [0.3, 0.4) is 0 Å². The topological polar surface area (TPSA) is 142 Å². The van der Waals surface area contributed by atoms with Crippen LogP contribution in [0.25, 0.3) is 0 Å².